The van der Waals surface area contributed by atoms with Gasteiger partial charge in [0.05, 0.1) is 17.8 Å². The summed E-state index contributed by atoms with van der Waals surface area (Å²) in [5.41, 5.74) is -0.465. The summed E-state index contributed by atoms with van der Waals surface area (Å²) in [6.07, 6.45) is -2.08. The molecule has 1 aromatic carbocycles. The Hall–Kier alpha value is -1.11. The van der Waals surface area contributed by atoms with Crippen molar-refractivity contribution in [1.82, 2.24) is 5.32 Å². The van der Waals surface area contributed by atoms with Gasteiger partial charge in [0.2, 0.25) is 0 Å². The first-order chi connectivity index (χ1) is 9.97. The molecule has 0 aliphatic carbocycles. The molecule has 1 fully saturated rings. The maximum Gasteiger partial charge on any atom is 0.416 e. The van der Waals surface area contributed by atoms with Crippen molar-refractivity contribution < 1.29 is 23.0 Å². The fourth-order valence-electron chi connectivity index (χ4n) is 2.41. The number of rotatable bonds is 6. The molecule has 1 aliphatic heterocycles. The SMILES string of the molecule is OC(CNCCC1CCCO1)c1cccc(C(F)(F)F)c1. The van der Waals surface area contributed by atoms with Crippen LogP contribution in [0.1, 0.15) is 36.5 Å². The minimum atomic E-state index is -4.39. The predicted molar refractivity (Wildman–Crippen MR) is 72.9 cm³/mol. The Morgan fingerprint density at radius 3 is 2.86 bits per heavy atom. The standard InChI is InChI=1S/C15H20F3NO2/c16-15(17,18)12-4-1-3-11(9-12)14(20)10-19-7-6-13-5-2-8-21-13/h1,3-4,9,13-14,19-20H,2,5-8,10H2. The van der Waals surface area contributed by atoms with Gasteiger partial charge >= 0.3 is 6.18 Å². The molecule has 0 amide bonds. The van der Waals surface area contributed by atoms with Crippen LogP contribution in [0.15, 0.2) is 24.3 Å². The smallest absolute Gasteiger partial charge is 0.387 e. The van der Waals surface area contributed by atoms with Crippen molar-refractivity contribution in [2.24, 2.45) is 0 Å². The van der Waals surface area contributed by atoms with Gasteiger partial charge in [0.1, 0.15) is 0 Å². The molecule has 2 unspecified atom stereocenters. The fraction of sp³-hybridized carbons (Fsp3) is 0.600. The quantitative estimate of drug-likeness (QED) is 0.794. The van der Waals surface area contributed by atoms with Crippen molar-refractivity contribution >= 4 is 0 Å². The third-order valence-electron chi connectivity index (χ3n) is 3.60. The van der Waals surface area contributed by atoms with Crippen molar-refractivity contribution in [2.45, 2.75) is 37.6 Å². The molecule has 2 rings (SSSR count). The lowest BCUT2D eigenvalue weighted by Crippen LogP contribution is -2.25. The Kier molecular flexibility index (Phi) is 5.61. The number of hydrogen-bond acceptors (Lipinski definition) is 3. The molecule has 2 N–H and O–H groups in total. The highest BCUT2D eigenvalue weighted by molar-refractivity contribution is 5.27. The van der Waals surface area contributed by atoms with Crippen LogP contribution in [-0.4, -0.2) is 30.9 Å². The zero-order valence-electron chi connectivity index (χ0n) is 11.7. The maximum absolute atomic E-state index is 12.6. The van der Waals surface area contributed by atoms with Crippen LogP contribution < -0.4 is 5.32 Å². The molecule has 6 heteroatoms. The highest BCUT2D eigenvalue weighted by Gasteiger charge is 2.30. The molecule has 118 valence electrons. The fourth-order valence-corrected chi connectivity index (χ4v) is 2.41. The molecule has 0 saturated carbocycles. The molecular formula is C15H20F3NO2. The molecule has 21 heavy (non-hydrogen) atoms. The van der Waals surface area contributed by atoms with Crippen molar-refractivity contribution in [3.63, 3.8) is 0 Å². The third kappa shape index (κ3) is 4.98. The molecule has 3 nitrogen and oxygen atoms in total. The summed E-state index contributed by atoms with van der Waals surface area (Å²) in [5.74, 6) is 0. The van der Waals surface area contributed by atoms with E-state index in [1.807, 2.05) is 0 Å². The number of benzene rings is 1. The third-order valence-corrected chi connectivity index (χ3v) is 3.60. The molecule has 1 aromatic rings. The summed E-state index contributed by atoms with van der Waals surface area (Å²) in [6.45, 7) is 1.71. The summed E-state index contributed by atoms with van der Waals surface area (Å²) in [4.78, 5) is 0. The zero-order valence-corrected chi connectivity index (χ0v) is 11.7. The van der Waals surface area contributed by atoms with Gasteiger partial charge in [-0.2, -0.15) is 13.2 Å². The highest BCUT2D eigenvalue weighted by Crippen LogP contribution is 2.30. The average molecular weight is 303 g/mol. The van der Waals surface area contributed by atoms with E-state index >= 15 is 0 Å². The van der Waals surface area contributed by atoms with E-state index in [1.165, 1.54) is 12.1 Å². The second kappa shape index (κ2) is 7.24. The van der Waals surface area contributed by atoms with Gasteiger partial charge in [-0.15, -0.1) is 0 Å². The van der Waals surface area contributed by atoms with Gasteiger partial charge in [0.25, 0.3) is 0 Å². The van der Waals surface area contributed by atoms with E-state index in [0.29, 0.717) is 6.54 Å². The Labute approximate surface area is 122 Å². The second-order valence-corrected chi connectivity index (χ2v) is 5.27. The number of aliphatic hydroxyl groups excluding tert-OH is 1. The van der Waals surface area contributed by atoms with Crippen LogP contribution in [0, 0.1) is 0 Å². The van der Waals surface area contributed by atoms with E-state index in [-0.39, 0.29) is 18.2 Å². The summed E-state index contributed by atoms with van der Waals surface area (Å²) in [6, 6.07) is 4.81. The Morgan fingerprint density at radius 2 is 2.19 bits per heavy atom. The van der Waals surface area contributed by atoms with Crippen LogP contribution in [0.2, 0.25) is 0 Å². The van der Waals surface area contributed by atoms with Crippen LogP contribution in [-0.2, 0) is 10.9 Å². The van der Waals surface area contributed by atoms with Gasteiger partial charge in [0.15, 0.2) is 0 Å². The Bertz CT molecular complexity index is 445. The van der Waals surface area contributed by atoms with Crippen LogP contribution in [0.5, 0.6) is 0 Å². The lowest BCUT2D eigenvalue weighted by atomic mass is 10.1. The number of halogens is 3. The van der Waals surface area contributed by atoms with Crippen molar-refractivity contribution in [3.8, 4) is 0 Å². The Balaban J connectivity index is 1.78. The Morgan fingerprint density at radius 1 is 1.38 bits per heavy atom. The van der Waals surface area contributed by atoms with Crippen LogP contribution in [0.25, 0.3) is 0 Å². The number of alkyl halides is 3. The summed E-state index contributed by atoms with van der Waals surface area (Å²) in [5, 5.41) is 13.0. The first-order valence-electron chi connectivity index (χ1n) is 7.14. The summed E-state index contributed by atoms with van der Waals surface area (Å²) >= 11 is 0. The first-order valence-corrected chi connectivity index (χ1v) is 7.14. The molecule has 0 bridgehead atoms. The van der Waals surface area contributed by atoms with E-state index in [9.17, 15) is 18.3 Å². The van der Waals surface area contributed by atoms with Crippen molar-refractivity contribution in [3.05, 3.63) is 35.4 Å². The second-order valence-electron chi connectivity index (χ2n) is 5.27. The van der Waals surface area contributed by atoms with Crippen LogP contribution >= 0.6 is 0 Å². The van der Waals surface area contributed by atoms with Crippen molar-refractivity contribution in [2.75, 3.05) is 19.7 Å². The molecule has 0 aromatic heterocycles. The van der Waals surface area contributed by atoms with Gasteiger partial charge in [-0.25, -0.2) is 0 Å². The van der Waals surface area contributed by atoms with Crippen LogP contribution in [0.4, 0.5) is 13.2 Å². The summed E-state index contributed by atoms with van der Waals surface area (Å²) < 4.78 is 43.3. The van der Waals surface area contributed by atoms with Gasteiger partial charge in [-0.05, 0) is 43.5 Å². The zero-order chi connectivity index (χ0) is 15.3. The normalized spacial score (nSPS) is 20.7. The topological polar surface area (TPSA) is 41.5 Å². The number of aliphatic hydroxyl groups is 1. The maximum atomic E-state index is 12.6. The van der Waals surface area contributed by atoms with Gasteiger partial charge in [-0.3, -0.25) is 0 Å². The largest absolute Gasteiger partial charge is 0.416 e. The minimum absolute atomic E-state index is 0.230. The number of nitrogens with one attached hydrogen (secondary N) is 1. The lowest BCUT2D eigenvalue weighted by Gasteiger charge is -2.15. The van der Waals surface area contributed by atoms with Gasteiger partial charge in [-0.1, -0.05) is 12.1 Å². The lowest BCUT2D eigenvalue weighted by molar-refractivity contribution is -0.137. The molecule has 0 spiro atoms. The molecule has 0 radical (unpaired) electrons. The van der Waals surface area contributed by atoms with E-state index in [2.05, 4.69) is 5.32 Å². The van der Waals surface area contributed by atoms with Gasteiger partial charge in [0, 0.05) is 13.2 Å². The van der Waals surface area contributed by atoms with Crippen LogP contribution in [0.3, 0.4) is 0 Å². The molecular weight excluding hydrogens is 283 g/mol. The summed E-state index contributed by atoms with van der Waals surface area (Å²) in [7, 11) is 0. The highest BCUT2D eigenvalue weighted by atomic mass is 19.4. The molecule has 1 aliphatic rings. The van der Waals surface area contributed by atoms with E-state index in [4.69, 9.17) is 4.74 Å². The first kappa shape index (κ1) is 16.3. The van der Waals surface area contributed by atoms with E-state index in [0.717, 1.165) is 38.0 Å². The van der Waals surface area contributed by atoms with E-state index < -0.39 is 17.8 Å². The van der Waals surface area contributed by atoms with Crippen molar-refractivity contribution in [1.29, 1.82) is 0 Å². The molecule has 1 saturated heterocycles. The minimum Gasteiger partial charge on any atom is -0.387 e. The predicted octanol–water partition coefficient (Wildman–Crippen LogP) is 2.90. The monoisotopic (exact) mass is 303 g/mol. The average Bonchev–Trinajstić information content (AvgIpc) is 2.96. The molecule has 2 atom stereocenters. The number of ether oxygens (including phenoxy) is 1. The van der Waals surface area contributed by atoms with Gasteiger partial charge < -0.3 is 15.2 Å². The number of hydrogen-bond donors (Lipinski definition) is 2. The molecule has 1 heterocycles. The van der Waals surface area contributed by atoms with E-state index in [1.54, 1.807) is 0 Å².